The standard InChI is InChI=1S/C21H27N3O3/c25-21-15-18(23-8-11-26-12-9-23)14-20(22-21)24-7-4-10-27-16-19(24)13-17-5-2-1-3-6-17/h1-3,5-6,14-15,19H,4,7-13,16H2,(H,22,25)/t19-/m0/s1. The van der Waals surface area contributed by atoms with Crippen LogP contribution in [0.1, 0.15) is 12.0 Å². The SMILES string of the molecule is O=c1cc(N2CCOCC2)cc(N2CCCOC[C@@H]2Cc2ccccc2)[nH]1. The van der Waals surface area contributed by atoms with Crippen molar-refractivity contribution in [3.8, 4) is 0 Å². The summed E-state index contributed by atoms with van der Waals surface area (Å²) in [5, 5.41) is 0. The van der Waals surface area contributed by atoms with E-state index in [1.165, 1.54) is 5.56 Å². The average molecular weight is 369 g/mol. The second kappa shape index (κ2) is 8.59. The molecular weight excluding hydrogens is 342 g/mol. The number of ether oxygens (including phenoxy) is 2. The molecule has 6 nitrogen and oxygen atoms in total. The Morgan fingerprint density at radius 2 is 1.81 bits per heavy atom. The Morgan fingerprint density at radius 3 is 2.63 bits per heavy atom. The van der Waals surface area contributed by atoms with Crippen molar-refractivity contribution in [2.45, 2.75) is 18.9 Å². The maximum atomic E-state index is 12.4. The fraction of sp³-hybridized carbons (Fsp3) is 0.476. The quantitative estimate of drug-likeness (QED) is 0.894. The van der Waals surface area contributed by atoms with Gasteiger partial charge >= 0.3 is 0 Å². The van der Waals surface area contributed by atoms with Crippen LogP contribution in [0.5, 0.6) is 0 Å². The van der Waals surface area contributed by atoms with Gasteiger partial charge in [-0.3, -0.25) is 4.79 Å². The van der Waals surface area contributed by atoms with E-state index in [0.717, 1.165) is 50.6 Å². The molecule has 0 bridgehead atoms. The van der Waals surface area contributed by atoms with Crippen LogP contribution in [-0.2, 0) is 15.9 Å². The molecule has 0 radical (unpaired) electrons. The van der Waals surface area contributed by atoms with Crippen LogP contribution in [0.3, 0.4) is 0 Å². The molecule has 2 aliphatic heterocycles. The lowest BCUT2D eigenvalue weighted by Gasteiger charge is -2.33. The monoisotopic (exact) mass is 369 g/mol. The van der Waals surface area contributed by atoms with Crippen molar-refractivity contribution < 1.29 is 9.47 Å². The molecule has 0 unspecified atom stereocenters. The number of nitrogens with zero attached hydrogens (tertiary/aromatic N) is 2. The molecule has 1 N–H and O–H groups in total. The molecule has 0 aliphatic carbocycles. The normalized spacial score (nSPS) is 21.1. The van der Waals surface area contributed by atoms with E-state index in [2.05, 4.69) is 45.1 Å². The topological polar surface area (TPSA) is 57.8 Å². The lowest BCUT2D eigenvalue weighted by Crippen LogP contribution is -2.41. The molecule has 2 fully saturated rings. The Kier molecular flexibility index (Phi) is 5.75. The van der Waals surface area contributed by atoms with Crippen LogP contribution in [0.25, 0.3) is 0 Å². The Balaban J connectivity index is 1.61. The van der Waals surface area contributed by atoms with Gasteiger partial charge in [0.15, 0.2) is 0 Å². The van der Waals surface area contributed by atoms with Gasteiger partial charge in [0.2, 0.25) is 0 Å². The van der Waals surface area contributed by atoms with Gasteiger partial charge in [-0.2, -0.15) is 0 Å². The summed E-state index contributed by atoms with van der Waals surface area (Å²) in [7, 11) is 0. The molecule has 1 atom stereocenters. The number of hydrogen-bond donors (Lipinski definition) is 1. The summed E-state index contributed by atoms with van der Waals surface area (Å²) < 4.78 is 11.3. The van der Waals surface area contributed by atoms with E-state index < -0.39 is 0 Å². The first-order valence-electron chi connectivity index (χ1n) is 9.75. The Labute approximate surface area is 159 Å². The zero-order chi connectivity index (χ0) is 18.5. The minimum absolute atomic E-state index is 0.0578. The van der Waals surface area contributed by atoms with Gasteiger partial charge in [-0.15, -0.1) is 0 Å². The van der Waals surface area contributed by atoms with Gasteiger partial charge in [0.25, 0.3) is 5.56 Å². The molecule has 144 valence electrons. The van der Waals surface area contributed by atoms with Crippen LogP contribution in [0.15, 0.2) is 47.3 Å². The highest BCUT2D eigenvalue weighted by molar-refractivity contribution is 5.56. The third-order valence-corrected chi connectivity index (χ3v) is 5.25. The van der Waals surface area contributed by atoms with Gasteiger partial charge < -0.3 is 24.3 Å². The van der Waals surface area contributed by atoms with Gasteiger partial charge in [-0.05, 0) is 18.4 Å². The van der Waals surface area contributed by atoms with Crippen molar-refractivity contribution in [2.24, 2.45) is 0 Å². The van der Waals surface area contributed by atoms with Crippen molar-refractivity contribution in [3.05, 3.63) is 58.4 Å². The number of benzene rings is 1. The maximum Gasteiger partial charge on any atom is 0.251 e. The minimum Gasteiger partial charge on any atom is -0.379 e. The molecule has 1 aromatic heterocycles. The number of H-pyrrole nitrogens is 1. The van der Waals surface area contributed by atoms with Crippen LogP contribution < -0.4 is 15.4 Å². The summed E-state index contributed by atoms with van der Waals surface area (Å²) in [6.07, 6.45) is 1.85. The molecule has 27 heavy (non-hydrogen) atoms. The first-order chi connectivity index (χ1) is 13.3. The zero-order valence-electron chi connectivity index (χ0n) is 15.6. The summed E-state index contributed by atoms with van der Waals surface area (Å²) in [5.74, 6) is 0.885. The van der Waals surface area contributed by atoms with E-state index in [-0.39, 0.29) is 11.6 Å². The Morgan fingerprint density at radius 1 is 1.00 bits per heavy atom. The smallest absolute Gasteiger partial charge is 0.251 e. The fourth-order valence-corrected chi connectivity index (χ4v) is 3.87. The summed E-state index contributed by atoms with van der Waals surface area (Å²) >= 11 is 0. The number of hydrogen-bond acceptors (Lipinski definition) is 5. The predicted molar refractivity (Wildman–Crippen MR) is 107 cm³/mol. The molecule has 2 aliphatic rings. The lowest BCUT2D eigenvalue weighted by atomic mass is 10.0. The number of nitrogens with one attached hydrogen (secondary N) is 1. The van der Waals surface area contributed by atoms with E-state index in [4.69, 9.17) is 9.47 Å². The van der Waals surface area contributed by atoms with Crippen molar-refractivity contribution >= 4 is 11.5 Å². The summed E-state index contributed by atoms with van der Waals surface area (Å²) in [6, 6.07) is 14.5. The molecule has 6 heteroatoms. The second-order valence-electron chi connectivity index (χ2n) is 7.15. The third kappa shape index (κ3) is 4.51. The molecule has 2 saturated heterocycles. The maximum absolute atomic E-state index is 12.4. The number of anilines is 2. The Hall–Kier alpha value is -2.31. The molecule has 4 rings (SSSR count). The van der Waals surface area contributed by atoms with Crippen molar-refractivity contribution in [2.75, 3.05) is 55.9 Å². The Bertz CT molecular complexity index is 787. The van der Waals surface area contributed by atoms with Crippen molar-refractivity contribution in [1.82, 2.24) is 4.98 Å². The number of aromatic nitrogens is 1. The predicted octanol–water partition coefficient (Wildman–Crippen LogP) is 2.05. The number of pyridine rings is 1. The molecular formula is C21H27N3O3. The molecule has 0 saturated carbocycles. The number of rotatable bonds is 4. The van der Waals surface area contributed by atoms with Crippen LogP contribution in [0.4, 0.5) is 11.5 Å². The van der Waals surface area contributed by atoms with Crippen LogP contribution in [0.2, 0.25) is 0 Å². The highest BCUT2D eigenvalue weighted by atomic mass is 16.5. The third-order valence-electron chi connectivity index (χ3n) is 5.25. The molecule has 2 aromatic rings. The number of aromatic amines is 1. The van der Waals surface area contributed by atoms with Gasteiger partial charge in [0, 0.05) is 44.1 Å². The molecule has 3 heterocycles. The van der Waals surface area contributed by atoms with Crippen LogP contribution in [0, 0.1) is 0 Å². The first-order valence-corrected chi connectivity index (χ1v) is 9.75. The molecule has 0 amide bonds. The summed E-state index contributed by atoms with van der Waals surface area (Å²) in [4.78, 5) is 20.0. The van der Waals surface area contributed by atoms with Crippen LogP contribution >= 0.6 is 0 Å². The lowest BCUT2D eigenvalue weighted by molar-refractivity contribution is 0.122. The van der Waals surface area contributed by atoms with E-state index in [1.54, 1.807) is 6.07 Å². The highest BCUT2D eigenvalue weighted by Gasteiger charge is 2.24. The largest absolute Gasteiger partial charge is 0.379 e. The summed E-state index contributed by atoms with van der Waals surface area (Å²) in [6.45, 7) is 5.35. The average Bonchev–Trinajstić information content (AvgIpc) is 2.94. The van der Waals surface area contributed by atoms with Gasteiger partial charge in [-0.1, -0.05) is 30.3 Å². The zero-order valence-corrected chi connectivity index (χ0v) is 15.6. The van der Waals surface area contributed by atoms with Gasteiger partial charge in [0.05, 0.1) is 25.9 Å². The van der Waals surface area contributed by atoms with E-state index in [1.807, 2.05) is 6.07 Å². The van der Waals surface area contributed by atoms with Gasteiger partial charge in [-0.25, -0.2) is 0 Å². The van der Waals surface area contributed by atoms with E-state index in [0.29, 0.717) is 19.8 Å². The van der Waals surface area contributed by atoms with E-state index >= 15 is 0 Å². The summed E-state index contributed by atoms with van der Waals surface area (Å²) in [5.41, 5.74) is 2.20. The van der Waals surface area contributed by atoms with Gasteiger partial charge in [0.1, 0.15) is 5.82 Å². The van der Waals surface area contributed by atoms with Crippen LogP contribution in [-0.4, -0.2) is 57.1 Å². The second-order valence-corrected chi connectivity index (χ2v) is 7.15. The molecule has 0 spiro atoms. The number of morpholine rings is 1. The highest BCUT2D eigenvalue weighted by Crippen LogP contribution is 2.24. The minimum atomic E-state index is -0.0578. The van der Waals surface area contributed by atoms with Crippen molar-refractivity contribution in [1.29, 1.82) is 0 Å². The first kappa shape index (κ1) is 18.1. The molecule has 1 aromatic carbocycles. The fourth-order valence-electron chi connectivity index (χ4n) is 3.87. The van der Waals surface area contributed by atoms with E-state index in [9.17, 15) is 4.79 Å². The van der Waals surface area contributed by atoms with Crippen molar-refractivity contribution in [3.63, 3.8) is 0 Å².